The molecule has 0 fully saturated rings. The highest BCUT2D eigenvalue weighted by Gasteiger charge is 2.20. The average molecular weight is 439 g/mol. The second-order valence-corrected chi connectivity index (χ2v) is 8.56. The lowest BCUT2D eigenvalue weighted by molar-refractivity contribution is 0.281. The van der Waals surface area contributed by atoms with Crippen LogP contribution in [-0.4, -0.2) is 38.0 Å². The molecule has 1 aliphatic rings. The molecule has 2 aromatic heterocycles. The van der Waals surface area contributed by atoms with Gasteiger partial charge in [0.15, 0.2) is 5.82 Å². The molecule has 8 heteroatoms. The molecule has 0 saturated heterocycles. The molecule has 0 spiro atoms. The van der Waals surface area contributed by atoms with Crippen molar-refractivity contribution < 1.29 is 9.50 Å². The molecular weight excluding hydrogens is 407 g/mol. The number of anilines is 2. The van der Waals surface area contributed by atoms with Gasteiger partial charge in [0.05, 0.1) is 12.4 Å². The second-order valence-electron chi connectivity index (χ2n) is 8.56. The van der Waals surface area contributed by atoms with Crippen LogP contribution in [-0.2, 0) is 6.42 Å². The Morgan fingerprint density at radius 2 is 2.12 bits per heavy atom. The molecule has 1 unspecified atom stereocenters. The van der Waals surface area contributed by atoms with Gasteiger partial charge in [-0.3, -0.25) is 4.68 Å². The van der Waals surface area contributed by atoms with Crippen molar-refractivity contribution in [3.8, 4) is 11.3 Å². The Kier molecular flexibility index (Phi) is 7.12. The number of rotatable bonds is 9. The SMILES string of the molecule is CC(C)n1cc(-c2nc(Nc3ccc4c(c3)CCNC4CCCCCO)ncc2F)cn1. The molecule has 3 N–H and O–H groups in total. The fraction of sp³-hybridized carbons (Fsp3) is 0.458. The summed E-state index contributed by atoms with van der Waals surface area (Å²) < 4.78 is 16.2. The van der Waals surface area contributed by atoms with E-state index in [1.54, 1.807) is 17.1 Å². The normalized spacial score (nSPS) is 15.7. The van der Waals surface area contributed by atoms with Crippen LogP contribution in [0.2, 0.25) is 0 Å². The van der Waals surface area contributed by atoms with E-state index < -0.39 is 5.82 Å². The van der Waals surface area contributed by atoms with Crippen molar-refractivity contribution in [2.24, 2.45) is 0 Å². The van der Waals surface area contributed by atoms with Crippen molar-refractivity contribution >= 4 is 11.6 Å². The molecule has 0 aliphatic carbocycles. The Bertz CT molecular complexity index is 1050. The van der Waals surface area contributed by atoms with Crippen molar-refractivity contribution in [3.05, 3.63) is 53.7 Å². The van der Waals surface area contributed by atoms with E-state index in [0.29, 0.717) is 17.6 Å². The second kappa shape index (κ2) is 10.2. The average Bonchev–Trinajstić information content (AvgIpc) is 3.28. The molecule has 0 bridgehead atoms. The monoisotopic (exact) mass is 438 g/mol. The largest absolute Gasteiger partial charge is 0.396 e. The van der Waals surface area contributed by atoms with E-state index in [9.17, 15) is 4.39 Å². The minimum absolute atomic E-state index is 0.190. The summed E-state index contributed by atoms with van der Waals surface area (Å²) in [6, 6.07) is 6.85. The Morgan fingerprint density at radius 3 is 2.91 bits per heavy atom. The number of hydrogen-bond acceptors (Lipinski definition) is 6. The third kappa shape index (κ3) is 5.14. The predicted octanol–water partition coefficient (Wildman–Crippen LogP) is 4.54. The summed E-state index contributed by atoms with van der Waals surface area (Å²) in [6.45, 7) is 5.24. The Balaban J connectivity index is 1.50. The van der Waals surface area contributed by atoms with Gasteiger partial charge in [-0.15, -0.1) is 0 Å². The first-order valence-electron chi connectivity index (χ1n) is 11.4. The third-order valence-electron chi connectivity index (χ3n) is 5.86. The molecule has 32 heavy (non-hydrogen) atoms. The highest BCUT2D eigenvalue weighted by molar-refractivity contribution is 5.62. The third-order valence-corrected chi connectivity index (χ3v) is 5.86. The summed E-state index contributed by atoms with van der Waals surface area (Å²) in [5.74, 6) is -0.118. The molecule has 4 rings (SSSR count). The molecule has 1 atom stereocenters. The van der Waals surface area contributed by atoms with Crippen LogP contribution in [0, 0.1) is 5.82 Å². The van der Waals surface area contributed by atoms with E-state index in [1.165, 1.54) is 17.3 Å². The lowest BCUT2D eigenvalue weighted by atomic mass is 9.90. The summed E-state index contributed by atoms with van der Waals surface area (Å²) in [4.78, 5) is 8.54. The van der Waals surface area contributed by atoms with E-state index in [-0.39, 0.29) is 18.3 Å². The van der Waals surface area contributed by atoms with E-state index in [1.807, 2.05) is 19.9 Å². The minimum atomic E-state index is -0.473. The molecule has 170 valence electrons. The lowest BCUT2D eigenvalue weighted by Gasteiger charge is -2.27. The molecule has 0 amide bonds. The van der Waals surface area contributed by atoms with Gasteiger partial charge >= 0.3 is 0 Å². The predicted molar refractivity (Wildman–Crippen MR) is 123 cm³/mol. The Hall–Kier alpha value is -2.84. The number of aliphatic hydroxyl groups excluding tert-OH is 1. The molecule has 1 aliphatic heterocycles. The summed E-state index contributed by atoms with van der Waals surface area (Å²) in [7, 11) is 0. The smallest absolute Gasteiger partial charge is 0.227 e. The molecule has 3 aromatic rings. The van der Waals surface area contributed by atoms with Gasteiger partial charge in [-0.1, -0.05) is 18.9 Å². The van der Waals surface area contributed by atoms with Gasteiger partial charge in [0.1, 0.15) is 5.69 Å². The van der Waals surface area contributed by atoms with Gasteiger partial charge in [-0.05, 0) is 62.9 Å². The number of fused-ring (bicyclic) bond motifs is 1. The van der Waals surface area contributed by atoms with Crippen LogP contribution >= 0.6 is 0 Å². The van der Waals surface area contributed by atoms with Crippen molar-refractivity contribution in [2.45, 2.75) is 58.0 Å². The van der Waals surface area contributed by atoms with Crippen LogP contribution in [0.25, 0.3) is 11.3 Å². The lowest BCUT2D eigenvalue weighted by Crippen LogP contribution is -2.29. The van der Waals surface area contributed by atoms with E-state index >= 15 is 0 Å². The number of halogens is 1. The van der Waals surface area contributed by atoms with Crippen LogP contribution in [0.15, 0.2) is 36.8 Å². The molecule has 1 aromatic carbocycles. The zero-order chi connectivity index (χ0) is 22.5. The number of hydrogen-bond donors (Lipinski definition) is 3. The zero-order valence-electron chi connectivity index (χ0n) is 18.7. The van der Waals surface area contributed by atoms with Gasteiger partial charge < -0.3 is 15.7 Å². The van der Waals surface area contributed by atoms with Crippen molar-refractivity contribution in [1.82, 2.24) is 25.1 Å². The van der Waals surface area contributed by atoms with Gasteiger partial charge in [-0.2, -0.15) is 5.10 Å². The summed E-state index contributed by atoms with van der Waals surface area (Å²) in [5, 5.41) is 20.1. The first-order valence-corrected chi connectivity index (χ1v) is 11.4. The maximum absolute atomic E-state index is 14.4. The number of nitrogens with zero attached hydrogens (tertiary/aromatic N) is 4. The quantitative estimate of drug-likeness (QED) is 0.425. The number of aliphatic hydroxyl groups is 1. The summed E-state index contributed by atoms with van der Waals surface area (Å²) >= 11 is 0. The fourth-order valence-electron chi connectivity index (χ4n) is 4.13. The minimum Gasteiger partial charge on any atom is -0.396 e. The zero-order valence-corrected chi connectivity index (χ0v) is 18.7. The maximum atomic E-state index is 14.4. The standard InChI is InChI=1S/C24H31FN6O/c1-16(2)31-15-18(13-28-31)23-21(25)14-27-24(30-23)29-19-7-8-20-17(12-19)9-10-26-22(20)6-4-3-5-11-32/h7-8,12-16,22,26,32H,3-6,9-11H2,1-2H3,(H,27,29,30). The molecule has 3 heterocycles. The molecule has 0 radical (unpaired) electrons. The van der Waals surface area contributed by atoms with Gasteiger partial charge in [0, 0.05) is 36.1 Å². The summed E-state index contributed by atoms with van der Waals surface area (Å²) in [6.07, 6.45) is 9.65. The van der Waals surface area contributed by atoms with E-state index in [2.05, 4.69) is 37.8 Å². The van der Waals surface area contributed by atoms with Gasteiger partial charge in [-0.25, -0.2) is 14.4 Å². The first kappa shape index (κ1) is 22.4. The topological polar surface area (TPSA) is 87.9 Å². The van der Waals surface area contributed by atoms with Gasteiger partial charge in [0.25, 0.3) is 0 Å². The van der Waals surface area contributed by atoms with Gasteiger partial charge in [0.2, 0.25) is 5.95 Å². The number of nitrogens with one attached hydrogen (secondary N) is 2. The molecule has 7 nitrogen and oxygen atoms in total. The highest BCUT2D eigenvalue weighted by Crippen LogP contribution is 2.30. The van der Waals surface area contributed by atoms with Crippen molar-refractivity contribution in [1.29, 1.82) is 0 Å². The van der Waals surface area contributed by atoms with Crippen LogP contribution in [0.1, 0.15) is 62.7 Å². The van der Waals surface area contributed by atoms with Crippen LogP contribution in [0.4, 0.5) is 16.0 Å². The Labute approximate surface area is 188 Å². The molecular formula is C24H31FN6O. The van der Waals surface area contributed by atoms with Crippen molar-refractivity contribution in [3.63, 3.8) is 0 Å². The highest BCUT2D eigenvalue weighted by atomic mass is 19.1. The Morgan fingerprint density at radius 1 is 1.25 bits per heavy atom. The first-order chi connectivity index (χ1) is 15.5. The molecule has 0 saturated carbocycles. The van der Waals surface area contributed by atoms with Crippen LogP contribution in [0.5, 0.6) is 0 Å². The fourth-order valence-corrected chi connectivity index (χ4v) is 4.13. The number of unbranched alkanes of at least 4 members (excludes halogenated alkanes) is 2. The van der Waals surface area contributed by atoms with Crippen LogP contribution in [0.3, 0.4) is 0 Å². The van der Waals surface area contributed by atoms with Crippen LogP contribution < -0.4 is 10.6 Å². The summed E-state index contributed by atoms with van der Waals surface area (Å²) in [5.41, 5.74) is 4.39. The van der Waals surface area contributed by atoms with Crippen molar-refractivity contribution in [2.75, 3.05) is 18.5 Å². The maximum Gasteiger partial charge on any atom is 0.227 e. The number of aromatic nitrogens is 4. The van der Waals surface area contributed by atoms with E-state index in [4.69, 9.17) is 5.11 Å². The number of benzene rings is 1. The van der Waals surface area contributed by atoms with E-state index in [0.717, 1.165) is 44.3 Å².